The normalized spacial score (nSPS) is 12.2. The average molecular weight is 450 g/mol. The topological polar surface area (TPSA) is 12.9 Å². The smallest absolute Gasteiger partial charge is 0.0719 e. The highest BCUT2D eigenvalue weighted by molar-refractivity contribution is 7.26. The molecule has 33 heavy (non-hydrogen) atoms. The van der Waals surface area contributed by atoms with E-state index in [4.69, 9.17) is 4.98 Å². The highest BCUT2D eigenvalue weighted by Gasteiger charge is 2.19. The van der Waals surface area contributed by atoms with Crippen molar-refractivity contribution < 1.29 is 0 Å². The molecule has 0 N–H and O–H groups in total. The van der Waals surface area contributed by atoms with E-state index >= 15 is 0 Å². The maximum atomic E-state index is 4.79. The Morgan fingerprint density at radius 3 is 2.30 bits per heavy atom. The summed E-state index contributed by atoms with van der Waals surface area (Å²) in [7, 11) is 0. The first-order chi connectivity index (χ1) is 15.8. The maximum Gasteiger partial charge on any atom is 0.0719 e. The molecule has 0 unspecified atom stereocenters. The molecule has 5 rings (SSSR count). The second-order valence-corrected chi connectivity index (χ2v) is 11.5. The Balaban J connectivity index is 1.76. The second-order valence-electron chi connectivity index (χ2n) is 10.5. The van der Waals surface area contributed by atoms with Crippen LogP contribution in [0.3, 0.4) is 0 Å². The lowest BCUT2D eigenvalue weighted by atomic mass is 9.88. The van der Waals surface area contributed by atoms with E-state index in [1.54, 1.807) is 0 Å². The lowest BCUT2D eigenvalue weighted by Crippen LogP contribution is -2.09. The zero-order valence-electron chi connectivity index (χ0n) is 20.1. The van der Waals surface area contributed by atoms with Crippen LogP contribution in [0, 0.1) is 5.41 Å². The molecular formula is C31H31NS. The SMILES string of the molecule is CC(C)c1ccc2c(sc3c(-c4cc(CC(C)(C)C)ccn4)cccc32)c1-c1ccccc1. The highest BCUT2D eigenvalue weighted by atomic mass is 32.1. The summed E-state index contributed by atoms with van der Waals surface area (Å²) < 4.78 is 2.70. The molecule has 166 valence electrons. The van der Waals surface area contributed by atoms with Gasteiger partial charge in [0.15, 0.2) is 0 Å². The Labute approximate surface area is 201 Å². The minimum atomic E-state index is 0.250. The van der Waals surface area contributed by atoms with Crippen LogP contribution >= 0.6 is 11.3 Å². The van der Waals surface area contributed by atoms with Gasteiger partial charge in [-0.1, -0.05) is 95.3 Å². The van der Waals surface area contributed by atoms with E-state index in [9.17, 15) is 0 Å². The zero-order chi connectivity index (χ0) is 23.2. The fourth-order valence-electron chi connectivity index (χ4n) is 4.81. The summed E-state index contributed by atoms with van der Waals surface area (Å²) in [5, 5.41) is 2.66. The van der Waals surface area contributed by atoms with Gasteiger partial charge in [0.2, 0.25) is 0 Å². The minimum Gasteiger partial charge on any atom is -0.256 e. The number of aromatic nitrogens is 1. The number of thiophene rings is 1. The van der Waals surface area contributed by atoms with Crippen molar-refractivity contribution in [3.8, 4) is 22.4 Å². The zero-order valence-corrected chi connectivity index (χ0v) is 21.0. The summed E-state index contributed by atoms with van der Waals surface area (Å²) >= 11 is 1.92. The first kappa shape index (κ1) is 21.9. The quantitative estimate of drug-likeness (QED) is 0.266. The van der Waals surface area contributed by atoms with Crippen molar-refractivity contribution >= 4 is 31.5 Å². The van der Waals surface area contributed by atoms with Crippen molar-refractivity contribution in [1.29, 1.82) is 0 Å². The highest BCUT2D eigenvalue weighted by Crippen LogP contribution is 2.46. The standard InChI is InChI=1S/C31H31NS/c1-20(2)23-14-15-25-24-12-9-13-26(27-18-21(16-17-32-27)19-31(3,4)5)29(24)33-30(25)28(23)22-10-7-6-8-11-22/h6-18,20H,19H2,1-5H3. The van der Waals surface area contributed by atoms with Crippen molar-refractivity contribution in [2.24, 2.45) is 5.41 Å². The summed E-state index contributed by atoms with van der Waals surface area (Å²) in [4.78, 5) is 4.79. The van der Waals surface area contributed by atoms with Crippen LogP contribution in [-0.4, -0.2) is 4.98 Å². The van der Waals surface area contributed by atoms with E-state index < -0.39 is 0 Å². The number of hydrogen-bond acceptors (Lipinski definition) is 2. The Kier molecular flexibility index (Phi) is 5.58. The summed E-state index contributed by atoms with van der Waals surface area (Å²) in [6.45, 7) is 11.4. The summed E-state index contributed by atoms with van der Waals surface area (Å²) in [6.07, 6.45) is 3.01. The maximum absolute atomic E-state index is 4.79. The van der Waals surface area contributed by atoms with E-state index in [1.165, 1.54) is 48.0 Å². The molecule has 2 aromatic heterocycles. The lowest BCUT2D eigenvalue weighted by molar-refractivity contribution is 0.411. The predicted octanol–water partition coefficient (Wildman–Crippen LogP) is 9.50. The van der Waals surface area contributed by atoms with Gasteiger partial charge in [0.25, 0.3) is 0 Å². The Morgan fingerprint density at radius 2 is 1.58 bits per heavy atom. The molecule has 0 aliphatic heterocycles. The van der Waals surface area contributed by atoms with Gasteiger partial charge in [0.1, 0.15) is 0 Å². The molecule has 3 aromatic carbocycles. The largest absolute Gasteiger partial charge is 0.256 e. The molecule has 0 saturated heterocycles. The van der Waals surface area contributed by atoms with Crippen molar-refractivity contribution in [3.05, 3.63) is 90.1 Å². The van der Waals surface area contributed by atoms with Crippen molar-refractivity contribution in [1.82, 2.24) is 4.98 Å². The molecule has 0 fully saturated rings. The van der Waals surface area contributed by atoms with Gasteiger partial charge in [-0.05, 0) is 46.6 Å². The number of pyridine rings is 1. The van der Waals surface area contributed by atoms with Crippen molar-refractivity contribution in [2.75, 3.05) is 0 Å². The van der Waals surface area contributed by atoms with E-state index in [0.29, 0.717) is 5.92 Å². The fourth-order valence-corrected chi connectivity index (χ4v) is 6.21. The summed E-state index contributed by atoms with van der Waals surface area (Å²) in [5.41, 5.74) is 7.98. The second kappa shape index (κ2) is 8.43. The first-order valence-electron chi connectivity index (χ1n) is 11.8. The van der Waals surface area contributed by atoms with Crippen LogP contribution in [0.15, 0.2) is 79.0 Å². The van der Waals surface area contributed by atoms with Gasteiger partial charge >= 0.3 is 0 Å². The van der Waals surface area contributed by atoms with Gasteiger partial charge in [-0.2, -0.15) is 0 Å². The fraction of sp³-hybridized carbons (Fsp3) is 0.258. The molecule has 2 heteroatoms. The molecule has 0 atom stereocenters. The molecule has 0 spiro atoms. The Bertz CT molecular complexity index is 1440. The third-order valence-electron chi connectivity index (χ3n) is 6.22. The van der Waals surface area contributed by atoms with Gasteiger partial charge in [-0.15, -0.1) is 11.3 Å². The van der Waals surface area contributed by atoms with Crippen LogP contribution in [0.25, 0.3) is 42.6 Å². The monoisotopic (exact) mass is 449 g/mol. The van der Waals surface area contributed by atoms with Crippen molar-refractivity contribution in [3.63, 3.8) is 0 Å². The molecule has 0 aliphatic rings. The number of benzene rings is 3. The molecule has 0 bridgehead atoms. The third-order valence-corrected chi connectivity index (χ3v) is 7.49. The van der Waals surface area contributed by atoms with Crippen LogP contribution in [0.1, 0.15) is 51.7 Å². The van der Waals surface area contributed by atoms with E-state index in [1.807, 2.05) is 17.5 Å². The first-order valence-corrected chi connectivity index (χ1v) is 12.6. The summed E-state index contributed by atoms with van der Waals surface area (Å²) in [5.74, 6) is 0.463. The van der Waals surface area contributed by atoms with E-state index in [0.717, 1.165) is 12.1 Å². The molecule has 0 radical (unpaired) electrons. The number of hydrogen-bond donors (Lipinski definition) is 0. The van der Waals surface area contributed by atoms with Crippen LogP contribution in [0.4, 0.5) is 0 Å². The minimum absolute atomic E-state index is 0.250. The molecule has 0 amide bonds. The lowest BCUT2D eigenvalue weighted by Gasteiger charge is -2.18. The molecule has 0 saturated carbocycles. The Hall–Kier alpha value is -2.97. The number of nitrogens with zero attached hydrogens (tertiary/aromatic N) is 1. The van der Waals surface area contributed by atoms with Crippen LogP contribution in [0.2, 0.25) is 0 Å². The average Bonchev–Trinajstić information content (AvgIpc) is 3.17. The van der Waals surface area contributed by atoms with Gasteiger partial charge in [0, 0.05) is 37.5 Å². The Morgan fingerprint density at radius 1 is 0.818 bits per heavy atom. The van der Waals surface area contributed by atoms with Gasteiger partial charge < -0.3 is 0 Å². The van der Waals surface area contributed by atoms with Crippen LogP contribution < -0.4 is 0 Å². The molecule has 5 aromatic rings. The van der Waals surface area contributed by atoms with E-state index in [-0.39, 0.29) is 5.41 Å². The molecule has 0 aliphatic carbocycles. The van der Waals surface area contributed by atoms with E-state index in [2.05, 4.69) is 107 Å². The third kappa shape index (κ3) is 4.20. The number of rotatable bonds is 4. The van der Waals surface area contributed by atoms with Gasteiger partial charge in [-0.3, -0.25) is 4.98 Å². The predicted molar refractivity (Wildman–Crippen MR) is 145 cm³/mol. The molecule has 1 nitrogen and oxygen atoms in total. The summed E-state index contributed by atoms with van der Waals surface area (Å²) in [6, 6.07) is 26.6. The van der Waals surface area contributed by atoms with Gasteiger partial charge in [-0.25, -0.2) is 0 Å². The van der Waals surface area contributed by atoms with Crippen LogP contribution in [-0.2, 0) is 6.42 Å². The molecular weight excluding hydrogens is 418 g/mol. The van der Waals surface area contributed by atoms with Crippen molar-refractivity contribution in [2.45, 2.75) is 47.0 Å². The molecule has 2 heterocycles. The van der Waals surface area contributed by atoms with Crippen LogP contribution in [0.5, 0.6) is 0 Å². The van der Waals surface area contributed by atoms with Gasteiger partial charge in [0.05, 0.1) is 5.69 Å². The number of fused-ring (bicyclic) bond motifs is 3.